The van der Waals surface area contributed by atoms with Gasteiger partial charge in [0.1, 0.15) is 11.2 Å². The fraction of sp³-hybridized carbons (Fsp3) is 0.174. The molecule has 0 aliphatic rings. The molecular formula is C23H18F3N3O3S. The largest absolute Gasteiger partial charge is 0.416 e. The number of aryl methyl sites for hydroxylation is 2. The molecule has 0 aliphatic heterocycles. The highest BCUT2D eigenvalue weighted by molar-refractivity contribution is 7.17. The van der Waals surface area contributed by atoms with E-state index in [9.17, 15) is 27.6 Å². The molecular weight excluding hydrogens is 455 g/mol. The Hall–Kier alpha value is -3.66. The minimum absolute atomic E-state index is 0.158. The number of aromatic nitrogens is 2. The monoisotopic (exact) mass is 473 g/mol. The van der Waals surface area contributed by atoms with Crippen LogP contribution in [0.3, 0.4) is 0 Å². The lowest BCUT2D eigenvalue weighted by molar-refractivity contribution is -0.137. The zero-order chi connectivity index (χ0) is 23.9. The molecule has 1 amide bonds. The molecule has 0 unspecified atom stereocenters. The van der Waals surface area contributed by atoms with Crippen molar-refractivity contribution in [3.63, 3.8) is 0 Å². The number of alkyl halides is 3. The number of nitrogens with zero attached hydrogens (tertiary/aromatic N) is 2. The van der Waals surface area contributed by atoms with Crippen LogP contribution in [-0.2, 0) is 17.5 Å². The average Bonchev–Trinajstić information content (AvgIpc) is 3.23. The van der Waals surface area contributed by atoms with Gasteiger partial charge in [-0.3, -0.25) is 14.2 Å². The van der Waals surface area contributed by atoms with Crippen molar-refractivity contribution < 1.29 is 18.0 Å². The van der Waals surface area contributed by atoms with E-state index in [4.69, 9.17) is 0 Å². The molecule has 0 bridgehead atoms. The van der Waals surface area contributed by atoms with Crippen molar-refractivity contribution in [3.05, 3.63) is 91.4 Å². The maximum absolute atomic E-state index is 13.3. The minimum atomic E-state index is -4.48. The molecule has 33 heavy (non-hydrogen) atoms. The highest BCUT2D eigenvalue weighted by Crippen LogP contribution is 2.29. The van der Waals surface area contributed by atoms with Crippen molar-refractivity contribution >= 4 is 33.1 Å². The molecule has 4 rings (SSSR count). The Morgan fingerprint density at radius 1 is 1.03 bits per heavy atom. The molecule has 0 radical (unpaired) electrons. The first kappa shape index (κ1) is 22.5. The van der Waals surface area contributed by atoms with Crippen LogP contribution in [-0.4, -0.2) is 15.0 Å². The summed E-state index contributed by atoms with van der Waals surface area (Å²) < 4.78 is 40.8. The van der Waals surface area contributed by atoms with Crippen LogP contribution >= 0.6 is 11.3 Å². The van der Waals surface area contributed by atoms with Gasteiger partial charge in [-0.15, -0.1) is 11.3 Å². The smallest absolute Gasteiger partial charge is 0.325 e. The van der Waals surface area contributed by atoms with Crippen LogP contribution in [0.15, 0.2) is 63.5 Å². The van der Waals surface area contributed by atoms with Crippen LogP contribution < -0.4 is 16.6 Å². The lowest BCUT2D eigenvalue weighted by Gasteiger charge is -2.14. The van der Waals surface area contributed by atoms with Crippen molar-refractivity contribution in [3.8, 4) is 5.69 Å². The Morgan fingerprint density at radius 3 is 2.39 bits per heavy atom. The highest BCUT2D eigenvalue weighted by atomic mass is 32.1. The van der Waals surface area contributed by atoms with E-state index in [1.54, 1.807) is 30.5 Å². The standard InChI is InChI=1S/C23H18F3N3O3S/c1-13-3-4-14(2)18(11-13)29-21(31)20-17(9-10-33-20)28(22(29)32)12-19(30)27-16-7-5-15(6-8-16)23(24,25)26/h3-11H,12H2,1-2H3,(H,27,30). The Balaban J connectivity index is 1.73. The van der Waals surface area contributed by atoms with Crippen molar-refractivity contribution in [2.45, 2.75) is 26.6 Å². The highest BCUT2D eigenvalue weighted by Gasteiger charge is 2.30. The molecule has 0 spiro atoms. The van der Waals surface area contributed by atoms with Gasteiger partial charge in [-0.1, -0.05) is 12.1 Å². The number of hydrogen-bond acceptors (Lipinski definition) is 4. The second-order valence-electron chi connectivity index (χ2n) is 7.56. The maximum atomic E-state index is 13.3. The Labute approximate surface area is 189 Å². The number of rotatable bonds is 4. The minimum Gasteiger partial charge on any atom is -0.325 e. The molecule has 1 N–H and O–H groups in total. The fourth-order valence-electron chi connectivity index (χ4n) is 3.50. The molecule has 2 aromatic carbocycles. The molecule has 0 saturated heterocycles. The van der Waals surface area contributed by atoms with Gasteiger partial charge in [-0.05, 0) is 66.8 Å². The number of amides is 1. The first-order chi connectivity index (χ1) is 15.6. The van der Waals surface area contributed by atoms with Gasteiger partial charge < -0.3 is 5.32 Å². The third-order valence-electron chi connectivity index (χ3n) is 5.16. The third-order valence-corrected chi connectivity index (χ3v) is 6.05. The van der Waals surface area contributed by atoms with E-state index in [-0.39, 0.29) is 5.69 Å². The predicted molar refractivity (Wildman–Crippen MR) is 121 cm³/mol. The summed E-state index contributed by atoms with van der Waals surface area (Å²) in [6.45, 7) is 3.20. The van der Waals surface area contributed by atoms with Gasteiger partial charge in [0.15, 0.2) is 0 Å². The third kappa shape index (κ3) is 4.34. The Morgan fingerprint density at radius 2 is 1.73 bits per heavy atom. The number of nitrogens with one attached hydrogen (secondary N) is 1. The van der Waals surface area contributed by atoms with E-state index < -0.39 is 35.4 Å². The first-order valence-corrected chi connectivity index (χ1v) is 10.7. The normalized spacial score (nSPS) is 11.7. The topological polar surface area (TPSA) is 73.1 Å². The van der Waals surface area contributed by atoms with Crippen molar-refractivity contribution in [1.82, 2.24) is 9.13 Å². The lowest BCUT2D eigenvalue weighted by Crippen LogP contribution is -2.40. The summed E-state index contributed by atoms with van der Waals surface area (Å²) in [5.41, 5.74) is 0.496. The van der Waals surface area contributed by atoms with Crippen LogP contribution in [0.1, 0.15) is 16.7 Å². The number of hydrogen-bond donors (Lipinski definition) is 1. The number of halogens is 3. The van der Waals surface area contributed by atoms with Crippen molar-refractivity contribution in [2.75, 3.05) is 5.32 Å². The summed E-state index contributed by atoms with van der Waals surface area (Å²) in [5, 5.41) is 4.15. The van der Waals surface area contributed by atoms with Gasteiger partial charge in [0.2, 0.25) is 5.91 Å². The van der Waals surface area contributed by atoms with Crippen LogP contribution in [0.4, 0.5) is 18.9 Å². The zero-order valence-electron chi connectivity index (χ0n) is 17.6. The molecule has 6 nitrogen and oxygen atoms in total. The van der Waals surface area contributed by atoms with Gasteiger partial charge in [0, 0.05) is 5.69 Å². The van der Waals surface area contributed by atoms with E-state index >= 15 is 0 Å². The number of anilines is 1. The van der Waals surface area contributed by atoms with Crippen LogP contribution in [0, 0.1) is 13.8 Å². The number of thiophene rings is 1. The number of carbonyl (C=O) groups is 1. The molecule has 170 valence electrons. The molecule has 2 aromatic heterocycles. The van der Waals surface area contributed by atoms with E-state index in [1.165, 1.54) is 4.57 Å². The summed E-state index contributed by atoms with van der Waals surface area (Å²) in [6.07, 6.45) is -4.48. The lowest BCUT2D eigenvalue weighted by atomic mass is 10.1. The number of benzene rings is 2. The second kappa shape index (κ2) is 8.36. The van der Waals surface area contributed by atoms with E-state index in [2.05, 4.69) is 5.32 Å². The van der Waals surface area contributed by atoms with Crippen LogP contribution in [0.25, 0.3) is 15.9 Å². The van der Waals surface area contributed by atoms with Gasteiger partial charge in [0.25, 0.3) is 5.56 Å². The van der Waals surface area contributed by atoms with E-state index in [1.807, 2.05) is 13.0 Å². The second-order valence-corrected chi connectivity index (χ2v) is 8.47. The Bertz CT molecular complexity index is 1480. The van der Waals surface area contributed by atoms with Gasteiger partial charge in [0.05, 0.1) is 16.8 Å². The quantitative estimate of drug-likeness (QED) is 0.475. The van der Waals surface area contributed by atoms with Crippen LogP contribution in [0.5, 0.6) is 0 Å². The zero-order valence-corrected chi connectivity index (χ0v) is 18.4. The summed E-state index contributed by atoms with van der Waals surface area (Å²) >= 11 is 1.16. The van der Waals surface area contributed by atoms with E-state index in [0.29, 0.717) is 15.9 Å². The van der Waals surface area contributed by atoms with Crippen LogP contribution in [0.2, 0.25) is 0 Å². The number of fused-ring (bicyclic) bond motifs is 1. The summed E-state index contributed by atoms with van der Waals surface area (Å²) in [4.78, 5) is 39.1. The summed E-state index contributed by atoms with van der Waals surface area (Å²) in [5.74, 6) is -0.615. The summed E-state index contributed by atoms with van der Waals surface area (Å²) in [6, 6.07) is 11.0. The maximum Gasteiger partial charge on any atom is 0.416 e. The molecule has 0 aliphatic carbocycles. The molecule has 0 saturated carbocycles. The number of carbonyl (C=O) groups excluding carboxylic acids is 1. The fourth-order valence-corrected chi connectivity index (χ4v) is 4.32. The van der Waals surface area contributed by atoms with Crippen molar-refractivity contribution in [2.24, 2.45) is 0 Å². The average molecular weight is 473 g/mol. The Kier molecular flexibility index (Phi) is 5.71. The SMILES string of the molecule is Cc1ccc(C)c(-n2c(=O)c3sccc3n(CC(=O)Nc3ccc(C(F)(F)F)cc3)c2=O)c1. The van der Waals surface area contributed by atoms with Gasteiger partial charge >= 0.3 is 11.9 Å². The summed E-state index contributed by atoms with van der Waals surface area (Å²) in [7, 11) is 0. The molecule has 4 aromatic rings. The molecule has 10 heteroatoms. The van der Waals surface area contributed by atoms with Gasteiger partial charge in [-0.2, -0.15) is 13.2 Å². The molecule has 0 fully saturated rings. The molecule has 2 heterocycles. The van der Waals surface area contributed by atoms with E-state index in [0.717, 1.165) is 51.3 Å². The van der Waals surface area contributed by atoms with Gasteiger partial charge in [-0.25, -0.2) is 9.36 Å². The first-order valence-electron chi connectivity index (χ1n) is 9.84. The predicted octanol–water partition coefficient (Wildman–Crippen LogP) is 4.49. The van der Waals surface area contributed by atoms with Crippen molar-refractivity contribution in [1.29, 1.82) is 0 Å². The molecule has 0 atom stereocenters.